The molecule has 5 rings (SSSR count). The lowest BCUT2D eigenvalue weighted by Crippen LogP contribution is -2.63. The van der Waals surface area contributed by atoms with Crippen LogP contribution in [-0.2, 0) is 9.59 Å². The predicted molar refractivity (Wildman–Crippen MR) is 117 cm³/mol. The third-order valence-electron chi connectivity index (χ3n) is 8.54. The molecule has 0 aromatic rings. The van der Waals surface area contributed by atoms with Crippen molar-refractivity contribution in [2.24, 2.45) is 17.8 Å². The number of piperazine rings is 1. The first kappa shape index (κ1) is 21.1. The van der Waals surface area contributed by atoms with Crippen LogP contribution in [0.5, 0.6) is 0 Å². The first-order valence-electron chi connectivity index (χ1n) is 12.7. The zero-order valence-corrected chi connectivity index (χ0v) is 18.8. The molecule has 2 bridgehead atoms. The van der Waals surface area contributed by atoms with Gasteiger partial charge in [-0.15, -0.1) is 0 Å². The molecule has 5 aliphatic rings. The van der Waals surface area contributed by atoms with Crippen molar-refractivity contribution >= 4 is 17.8 Å². The molecule has 4 saturated heterocycles. The van der Waals surface area contributed by atoms with Crippen LogP contribution in [-0.4, -0.2) is 89.3 Å². The van der Waals surface area contributed by atoms with Crippen LogP contribution >= 0.6 is 0 Å². The van der Waals surface area contributed by atoms with Crippen molar-refractivity contribution in [1.82, 2.24) is 19.6 Å². The number of likely N-dealkylation sites (tertiary alicyclic amines) is 1. The molecule has 0 aromatic heterocycles. The summed E-state index contributed by atoms with van der Waals surface area (Å²) in [6.07, 6.45) is 10.9. The first-order chi connectivity index (χ1) is 15.1. The number of carbonyl (C=O) groups is 3. The maximum absolute atomic E-state index is 13.3. The summed E-state index contributed by atoms with van der Waals surface area (Å²) in [6, 6.07) is 0.479. The minimum absolute atomic E-state index is 0.143. The Hall–Kier alpha value is -1.79. The number of hydrogen-bond donors (Lipinski definition) is 0. The van der Waals surface area contributed by atoms with Gasteiger partial charge in [-0.05, 0) is 49.9 Å². The van der Waals surface area contributed by atoms with Gasteiger partial charge in [-0.3, -0.25) is 9.59 Å². The molecule has 0 aromatic carbocycles. The highest BCUT2D eigenvalue weighted by atomic mass is 16.2. The number of carbonyl (C=O) groups excluding carboxylic acids is 3. The molecule has 4 aliphatic heterocycles. The molecule has 5 fully saturated rings. The fraction of sp³-hybridized carbons (Fsp3) is 0.875. The summed E-state index contributed by atoms with van der Waals surface area (Å²) in [5.74, 6) is 2.02. The summed E-state index contributed by atoms with van der Waals surface area (Å²) >= 11 is 0. The van der Waals surface area contributed by atoms with Gasteiger partial charge in [0, 0.05) is 64.7 Å². The van der Waals surface area contributed by atoms with Gasteiger partial charge >= 0.3 is 6.03 Å². The monoisotopic (exact) mass is 430 g/mol. The topological polar surface area (TPSA) is 64.2 Å². The fourth-order valence-electron chi connectivity index (χ4n) is 6.88. The van der Waals surface area contributed by atoms with Gasteiger partial charge in [0.15, 0.2) is 0 Å². The van der Waals surface area contributed by atoms with E-state index in [1.807, 2.05) is 9.80 Å². The van der Waals surface area contributed by atoms with E-state index < -0.39 is 0 Å². The second-order valence-electron chi connectivity index (χ2n) is 10.6. The Morgan fingerprint density at radius 1 is 0.806 bits per heavy atom. The summed E-state index contributed by atoms with van der Waals surface area (Å²) in [4.78, 5) is 46.4. The van der Waals surface area contributed by atoms with Crippen molar-refractivity contribution in [3.8, 4) is 0 Å². The molecule has 7 nitrogen and oxygen atoms in total. The van der Waals surface area contributed by atoms with Gasteiger partial charge in [-0.1, -0.05) is 19.3 Å². The van der Waals surface area contributed by atoms with E-state index in [-0.39, 0.29) is 11.9 Å². The molecule has 0 unspecified atom stereocenters. The number of rotatable bonds is 2. The molecular formula is C24H38N4O3. The lowest BCUT2D eigenvalue weighted by molar-refractivity contribution is -0.144. The van der Waals surface area contributed by atoms with E-state index in [0.29, 0.717) is 68.7 Å². The van der Waals surface area contributed by atoms with Gasteiger partial charge < -0.3 is 19.6 Å². The number of nitrogens with zero attached hydrogens (tertiary/aromatic N) is 4. The molecule has 7 heteroatoms. The van der Waals surface area contributed by atoms with Crippen LogP contribution in [0.4, 0.5) is 4.79 Å². The second kappa shape index (κ2) is 8.99. The lowest BCUT2D eigenvalue weighted by atomic mass is 9.76. The van der Waals surface area contributed by atoms with Crippen LogP contribution in [0.15, 0.2) is 0 Å². The maximum atomic E-state index is 13.3. The van der Waals surface area contributed by atoms with Crippen molar-refractivity contribution in [2.45, 2.75) is 70.3 Å². The van der Waals surface area contributed by atoms with E-state index >= 15 is 0 Å². The predicted octanol–water partition coefficient (Wildman–Crippen LogP) is 2.55. The highest BCUT2D eigenvalue weighted by Gasteiger charge is 2.45. The fourth-order valence-corrected chi connectivity index (χ4v) is 6.88. The third kappa shape index (κ3) is 4.42. The molecule has 3 atom stereocenters. The van der Waals surface area contributed by atoms with E-state index in [9.17, 15) is 14.4 Å². The average molecular weight is 431 g/mol. The molecular weight excluding hydrogens is 392 g/mol. The number of piperidine rings is 3. The molecule has 1 aliphatic carbocycles. The molecule has 4 amide bonds. The van der Waals surface area contributed by atoms with E-state index in [1.54, 1.807) is 0 Å². The molecule has 31 heavy (non-hydrogen) atoms. The van der Waals surface area contributed by atoms with Crippen LogP contribution in [0, 0.1) is 17.8 Å². The van der Waals surface area contributed by atoms with Crippen molar-refractivity contribution < 1.29 is 14.4 Å². The number of urea groups is 1. The Bertz CT molecular complexity index is 699. The maximum Gasteiger partial charge on any atom is 0.320 e. The van der Waals surface area contributed by atoms with Crippen molar-refractivity contribution in [3.63, 3.8) is 0 Å². The summed E-state index contributed by atoms with van der Waals surface area (Å²) < 4.78 is 0. The van der Waals surface area contributed by atoms with Gasteiger partial charge in [0.05, 0.1) is 0 Å². The van der Waals surface area contributed by atoms with Gasteiger partial charge in [-0.2, -0.15) is 0 Å². The van der Waals surface area contributed by atoms with Crippen molar-refractivity contribution in [1.29, 1.82) is 0 Å². The number of hydrogen-bond acceptors (Lipinski definition) is 3. The van der Waals surface area contributed by atoms with Gasteiger partial charge in [0.25, 0.3) is 0 Å². The minimum atomic E-state index is 0.143. The van der Waals surface area contributed by atoms with Crippen molar-refractivity contribution in [3.05, 3.63) is 0 Å². The van der Waals surface area contributed by atoms with Crippen LogP contribution in [0.3, 0.4) is 0 Å². The number of fused-ring (bicyclic) bond motifs is 4. The highest BCUT2D eigenvalue weighted by molar-refractivity contribution is 5.79. The summed E-state index contributed by atoms with van der Waals surface area (Å²) in [6.45, 7) is 5.01. The Kier molecular flexibility index (Phi) is 6.11. The average Bonchev–Trinajstić information content (AvgIpc) is 2.80. The molecule has 0 radical (unpaired) electrons. The Balaban J connectivity index is 1.12. The largest absolute Gasteiger partial charge is 0.339 e. The minimum Gasteiger partial charge on any atom is -0.339 e. The molecule has 172 valence electrons. The quantitative estimate of drug-likeness (QED) is 0.676. The zero-order chi connectivity index (χ0) is 21.4. The first-order valence-corrected chi connectivity index (χ1v) is 12.7. The normalized spacial score (nSPS) is 32.1. The summed E-state index contributed by atoms with van der Waals surface area (Å²) in [5.41, 5.74) is 0. The Labute approximate surface area is 186 Å². The standard InChI is InChI=1S/C24H38N4O3/c29-22-8-4-7-21-20-13-19(16-28(21)22)15-27(17-20)24(31)26-11-9-25(10-12-26)23(30)14-18-5-2-1-3-6-18/h18-21H,1-17H2/t19-,20-,21-/m1/s1. The van der Waals surface area contributed by atoms with Crippen LogP contribution in [0.2, 0.25) is 0 Å². The molecule has 0 spiro atoms. The van der Waals surface area contributed by atoms with E-state index in [4.69, 9.17) is 0 Å². The Morgan fingerprint density at radius 2 is 1.55 bits per heavy atom. The second-order valence-corrected chi connectivity index (χ2v) is 10.6. The molecule has 4 heterocycles. The van der Waals surface area contributed by atoms with E-state index in [1.165, 1.54) is 32.1 Å². The SMILES string of the molecule is O=C(CC1CCCCC1)N1CCN(C(=O)N2C[C@H]3C[C@H](C2)[C@H]2CCCC(=O)N2C3)CC1. The smallest absolute Gasteiger partial charge is 0.320 e. The zero-order valence-electron chi connectivity index (χ0n) is 18.8. The highest BCUT2D eigenvalue weighted by Crippen LogP contribution is 2.38. The van der Waals surface area contributed by atoms with Crippen LogP contribution in [0.25, 0.3) is 0 Å². The molecule has 1 saturated carbocycles. The third-order valence-corrected chi connectivity index (χ3v) is 8.54. The van der Waals surface area contributed by atoms with Gasteiger partial charge in [0.2, 0.25) is 11.8 Å². The van der Waals surface area contributed by atoms with Crippen molar-refractivity contribution in [2.75, 3.05) is 45.8 Å². The van der Waals surface area contributed by atoms with Gasteiger partial charge in [0.1, 0.15) is 0 Å². The van der Waals surface area contributed by atoms with Crippen LogP contribution < -0.4 is 0 Å². The summed E-state index contributed by atoms with van der Waals surface area (Å²) in [7, 11) is 0. The Morgan fingerprint density at radius 3 is 2.32 bits per heavy atom. The van der Waals surface area contributed by atoms with Gasteiger partial charge in [-0.25, -0.2) is 4.79 Å². The van der Waals surface area contributed by atoms with Crippen LogP contribution in [0.1, 0.15) is 64.2 Å². The lowest BCUT2D eigenvalue weighted by Gasteiger charge is -2.53. The molecule has 0 N–H and O–H groups in total. The van der Waals surface area contributed by atoms with E-state index in [0.717, 1.165) is 38.9 Å². The summed E-state index contributed by atoms with van der Waals surface area (Å²) in [5, 5.41) is 0. The number of amides is 4. The van der Waals surface area contributed by atoms with E-state index in [2.05, 4.69) is 9.80 Å².